The number of rotatable bonds is 7. The van der Waals surface area contributed by atoms with Crippen molar-refractivity contribution in [3.63, 3.8) is 0 Å². The molecule has 0 aliphatic carbocycles. The third-order valence-corrected chi connectivity index (χ3v) is 7.66. The first kappa shape index (κ1) is 30.4. The van der Waals surface area contributed by atoms with Gasteiger partial charge in [0, 0.05) is 19.2 Å². The maximum absolute atomic E-state index is 12.9. The molecule has 230 valence electrons. The molecule has 2 aromatic carbocycles. The van der Waals surface area contributed by atoms with Crippen molar-refractivity contribution >= 4 is 5.78 Å². The van der Waals surface area contributed by atoms with E-state index in [9.17, 15) is 40.5 Å². The van der Waals surface area contributed by atoms with E-state index in [1.807, 2.05) is 0 Å². The smallest absolute Gasteiger partial charge is 0.229 e. The van der Waals surface area contributed by atoms with Crippen molar-refractivity contribution in [1.29, 1.82) is 0 Å². The number of benzene rings is 2. The number of phenolic OH excluding ortho intramolecular Hbond substituents is 2. The summed E-state index contributed by atoms with van der Waals surface area (Å²) in [4.78, 5) is 12.9. The Labute approximate surface area is 240 Å². The number of methoxy groups -OCH3 is 1. The average Bonchev–Trinajstić information content (AvgIpc) is 2.96. The van der Waals surface area contributed by atoms with Crippen LogP contribution in [0.25, 0.3) is 0 Å². The molecular formula is C28H34O14. The summed E-state index contributed by atoms with van der Waals surface area (Å²) in [5, 5.41) is 72.0. The summed E-state index contributed by atoms with van der Waals surface area (Å²) in [5.74, 6) is -0.818. The molecule has 1 unspecified atom stereocenters. The molecule has 11 atom stereocenters. The molecule has 3 heterocycles. The first-order chi connectivity index (χ1) is 20.0. The topological polar surface area (TPSA) is 214 Å². The van der Waals surface area contributed by atoms with Crippen LogP contribution in [0.5, 0.6) is 23.0 Å². The second kappa shape index (κ2) is 12.3. The van der Waals surface area contributed by atoms with Crippen molar-refractivity contribution in [2.24, 2.45) is 0 Å². The quantitative estimate of drug-likeness (QED) is 0.215. The fourth-order valence-corrected chi connectivity index (χ4v) is 5.35. The van der Waals surface area contributed by atoms with Crippen molar-refractivity contribution in [2.45, 2.75) is 80.9 Å². The number of Topliss-reactive ketones (excluding diaryl/α,β-unsaturated/α-hetero) is 1. The molecule has 0 bridgehead atoms. The molecule has 14 heteroatoms. The van der Waals surface area contributed by atoms with Gasteiger partial charge in [0.05, 0.1) is 19.1 Å². The summed E-state index contributed by atoms with van der Waals surface area (Å²) in [6.45, 7) is 0.883. The Morgan fingerprint density at radius 2 is 1.62 bits per heavy atom. The van der Waals surface area contributed by atoms with Crippen LogP contribution < -0.4 is 9.47 Å². The van der Waals surface area contributed by atoms with Gasteiger partial charge in [-0.25, -0.2) is 0 Å². The van der Waals surface area contributed by atoms with Gasteiger partial charge in [-0.15, -0.1) is 0 Å². The van der Waals surface area contributed by atoms with Crippen LogP contribution in [-0.4, -0.2) is 117 Å². The Morgan fingerprint density at radius 1 is 0.905 bits per heavy atom. The van der Waals surface area contributed by atoms with E-state index in [1.54, 1.807) is 12.1 Å². The summed E-state index contributed by atoms with van der Waals surface area (Å²) >= 11 is 0. The molecule has 0 aromatic heterocycles. The van der Waals surface area contributed by atoms with Crippen LogP contribution in [-0.2, 0) is 18.9 Å². The first-order valence-corrected chi connectivity index (χ1v) is 13.4. The third kappa shape index (κ3) is 5.77. The van der Waals surface area contributed by atoms with Crippen LogP contribution in [0.4, 0.5) is 0 Å². The van der Waals surface area contributed by atoms with Crippen molar-refractivity contribution in [3.05, 3.63) is 47.5 Å². The highest BCUT2D eigenvalue weighted by atomic mass is 16.8. The number of aliphatic hydroxyl groups is 5. The fraction of sp³-hybridized carbons (Fsp3) is 0.536. The van der Waals surface area contributed by atoms with Gasteiger partial charge in [-0.2, -0.15) is 0 Å². The van der Waals surface area contributed by atoms with E-state index in [4.69, 9.17) is 28.4 Å². The molecule has 0 spiro atoms. The minimum atomic E-state index is -1.70. The lowest BCUT2D eigenvalue weighted by Crippen LogP contribution is -2.65. The van der Waals surface area contributed by atoms with Gasteiger partial charge in [0.25, 0.3) is 0 Å². The molecule has 2 aromatic rings. The van der Waals surface area contributed by atoms with Crippen molar-refractivity contribution in [2.75, 3.05) is 13.7 Å². The van der Waals surface area contributed by atoms with Crippen molar-refractivity contribution in [1.82, 2.24) is 0 Å². The van der Waals surface area contributed by atoms with Crippen LogP contribution in [0, 0.1) is 0 Å². The number of aromatic hydroxyl groups is 2. The van der Waals surface area contributed by atoms with Gasteiger partial charge >= 0.3 is 0 Å². The Balaban J connectivity index is 1.42. The van der Waals surface area contributed by atoms with Crippen LogP contribution in [0.2, 0.25) is 0 Å². The molecule has 3 aliphatic heterocycles. The molecule has 14 nitrogen and oxygen atoms in total. The minimum absolute atomic E-state index is 0.0126. The van der Waals surface area contributed by atoms with E-state index in [0.717, 1.165) is 6.07 Å². The van der Waals surface area contributed by atoms with E-state index >= 15 is 0 Å². The summed E-state index contributed by atoms with van der Waals surface area (Å²) < 4.78 is 34.4. The Bertz CT molecular complexity index is 1250. The van der Waals surface area contributed by atoms with E-state index in [2.05, 4.69) is 0 Å². The molecule has 42 heavy (non-hydrogen) atoms. The summed E-state index contributed by atoms with van der Waals surface area (Å²) in [6, 6.07) is 8.63. The molecule has 0 radical (unpaired) electrons. The number of carbonyl (C=O) groups excluding carboxylic acids is 1. The second-order valence-corrected chi connectivity index (χ2v) is 10.5. The predicted octanol–water partition coefficient (Wildman–Crippen LogP) is -0.511. The molecular weight excluding hydrogens is 560 g/mol. The van der Waals surface area contributed by atoms with Gasteiger partial charge in [0.15, 0.2) is 18.2 Å². The van der Waals surface area contributed by atoms with Gasteiger partial charge in [0.2, 0.25) is 6.29 Å². The molecule has 0 amide bonds. The van der Waals surface area contributed by atoms with Gasteiger partial charge in [-0.1, -0.05) is 12.1 Å². The fourth-order valence-electron chi connectivity index (χ4n) is 5.35. The zero-order chi connectivity index (χ0) is 30.3. The van der Waals surface area contributed by atoms with E-state index in [0.29, 0.717) is 5.56 Å². The Kier molecular flexibility index (Phi) is 8.89. The van der Waals surface area contributed by atoms with Gasteiger partial charge in [-0.3, -0.25) is 4.79 Å². The number of ketones is 1. The van der Waals surface area contributed by atoms with E-state index < -0.39 is 79.9 Å². The Morgan fingerprint density at radius 3 is 2.29 bits per heavy atom. The number of phenols is 2. The normalized spacial score (nSPS) is 36.6. The van der Waals surface area contributed by atoms with E-state index in [1.165, 1.54) is 32.2 Å². The lowest BCUT2D eigenvalue weighted by atomic mass is 9.95. The highest BCUT2D eigenvalue weighted by Crippen LogP contribution is 2.43. The summed E-state index contributed by atoms with van der Waals surface area (Å²) in [7, 11) is 1.28. The highest BCUT2D eigenvalue weighted by Gasteiger charge is 2.51. The number of aliphatic hydroxyl groups excluding tert-OH is 5. The third-order valence-electron chi connectivity index (χ3n) is 7.66. The first-order valence-electron chi connectivity index (χ1n) is 13.4. The maximum atomic E-state index is 12.9. The zero-order valence-electron chi connectivity index (χ0n) is 22.7. The van der Waals surface area contributed by atoms with Crippen LogP contribution in [0.1, 0.15) is 35.4 Å². The van der Waals surface area contributed by atoms with Crippen molar-refractivity contribution < 1.29 is 69.0 Å². The lowest BCUT2D eigenvalue weighted by molar-refractivity contribution is -0.355. The maximum Gasteiger partial charge on any atom is 0.229 e. The SMILES string of the molecule is CO[C@H]1[C@H](O)[C@@H](O[C@@H]2O[C@@H](C)[C@H](O)[C@@H](O)[C@H]2O)[C@H](Oc2cc(O)c3c(c2)OC(c2ccc(O)cc2)CC3=O)O[C@@H]1CO. The van der Waals surface area contributed by atoms with E-state index in [-0.39, 0.29) is 35.0 Å². The monoisotopic (exact) mass is 594 g/mol. The molecule has 5 rings (SSSR count). The van der Waals surface area contributed by atoms with Crippen LogP contribution in [0.3, 0.4) is 0 Å². The van der Waals surface area contributed by atoms with Gasteiger partial charge in [-0.05, 0) is 24.6 Å². The molecule has 0 saturated carbocycles. The predicted molar refractivity (Wildman–Crippen MR) is 139 cm³/mol. The second-order valence-electron chi connectivity index (χ2n) is 10.5. The lowest BCUT2D eigenvalue weighted by Gasteiger charge is -2.46. The standard InChI is InChI=1S/C28H34O14/c1-11-21(33)22(34)23(35)27(38-11)42-26-24(36)25(37-2)19(10-29)41-28(26)39-14-7-15(31)20-16(32)9-17(40-18(20)8-14)12-3-5-13(30)6-4-12/h3-8,11,17,19,21-31,33-36H,9-10H2,1-2H3/t11-,17?,19+,21-,22+,23+,24-,25+,26+,27-,28+/m0/s1. The van der Waals surface area contributed by atoms with Gasteiger partial charge < -0.3 is 64.2 Å². The largest absolute Gasteiger partial charge is 0.508 e. The summed E-state index contributed by atoms with van der Waals surface area (Å²) in [5.41, 5.74) is 0.566. The highest BCUT2D eigenvalue weighted by molar-refractivity contribution is 6.02. The number of carbonyl (C=O) groups is 1. The number of hydrogen-bond acceptors (Lipinski definition) is 14. The van der Waals surface area contributed by atoms with Gasteiger partial charge in [0.1, 0.15) is 71.3 Å². The van der Waals surface area contributed by atoms with Crippen molar-refractivity contribution in [3.8, 4) is 23.0 Å². The Hall–Kier alpha value is -3.05. The average molecular weight is 595 g/mol. The zero-order valence-corrected chi connectivity index (χ0v) is 22.7. The summed E-state index contributed by atoms with van der Waals surface area (Å²) in [6.07, 6.45) is -14.6. The minimum Gasteiger partial charge on any atom is -0.508 e. The number of ether oxygens (including phenoxy) is 6. The van der Waals surface area contributed by atoms with Crippen LogP contribution in [0.15, 0.2) is 36.4 Å². The number of hydrogen-bond donors (Lipinski definition) is 7. The molecule has 2 saturated heterocycles. The molecule has 2 fully saturated rings. The molecule has 3 aliphatic rings. The molecule has 7 N–H and O–H groups in total. The van der Waals surface area contributed by atoms with Crippen LogP contribution >= 0.6 is 0 Å². The number of fused-ring (bicyclic) bond motifs is 1.